The maximum absolute atomic E-state index is 13.7. The van der Waals surface area contributed by atoms with Crippen molar-refractivity contribution in [1.29, 1.82) is 0 Å². The SMILES string of the molecule is Cc1ccc([C@@H](O)CC[C@H]2C(=O)N(c3ccccc3)[C@@H]2c2ccc(-c3cccc(O)c3)cc2OCc2ccccc2)cc1. The van der Waals surface area contributed by atoms with Gasteiger partial charge < -0.3 is 19.8 Å². The Kier molecular flexibility index (Phi) is 8.25. The molecule has 5 heteroatoms. The average molecular weight is 570 g/mol. The Morgan fingerprint density at radius 2 is 1.49 bits per heavy atom. The number of amides is 1. The monoisotopic (exact) mass is 569 g/mol. The molecule has 5 nitrogen and oxygen atoms in total. The minimum absolute atomic E-state index is 0.0402. The van der Waals surface area contributed by atoms with Gasteiger partial charge >= 0.3 is 0 Å². The molecule has 216 valence electrons. The summed E-state index contributed by atoms with van der Waals surface area (Å²) in [5.74, 6) is 0.608. The lowest BCUT2D eigenvalue weighted by atomic mass is 9.77. The van der Waals surface area contributed by atoms with Gasteiger partial charge in [0, 0.05) is 11.3 Å². The normalized spacial score (nSPS) is 16.9. The summed E-state index contributed by atoms with van der Waals surface area (Å²) in [6.07, 6.45) is 0.357. The molecule has 5 aromatic carbocycles. The number of aliphatic hydroxyl groups excluding tert-OH is 1. The molecule has 5 aromatic rings. The van der Waals surface area contributed by atoms with Crippen LogP contribution >= 0.6 is 0 Å². The van der Waals surface area contributed by atoms with Gasteiger partial charge in [0.25, 0.3) is 0 Å². The fraction of sp³-hybridized carbons (Fsp3) is 0.184. The van der Waals surface area contributed by atoms with Crippen molar-refractivity contribution in [3.63, 3.8) is 0 Å². The molecule has 1 aliphatic rings. The number of hydrogen-bond donors (Lipinski definition) is 2. The second-order valence-electron chi connectivity index (χ2n) is 11.2. The van der Waals surface area contributed by atoms with Crippen LogP contribution in [0.3, 0.4) is 0 Å². The van der Waals surface area contributed by atoms with E-state index in [-0.39, 0.29) is 23.6 Å². The van der Waals surface area contributed by atoms with Crippen LogP contribution in [0.15, 0.2) is 127 Å². The van der Waals surface area contributed by atoms with E-state index in [2.05, 4.69) is 0 Å². The Morgan fingerprint density at radius 1 is 0.791 bits per heavy atom. The minimum Gasteiger partial charge on any atom is -0.508 e. The number of carbonyl (C=O) groups excluding carboxylic acids is 1. The quantitative estimate of drug-likeness (QED) is 0.167. The number of benzene rings is 5. The van der Waals surface area contributed by atoms with Crippen LogP contribution in [-0.2, 0) is 11.4 Å². The number of aryl methyl sites for hydroxylation is 1. The number of rotatable bonds is 10. The van der Waals surface area contributed by atoms with Crippen LogP contribution in [0, 0.1) is 12.8 Å². The first-order valence-electron chi connectivity index (χ1n) is 14.7. The van der Waals surface area contributed by atoms with E-state index >= 15 is 0 Å². The van der Waals surface area contributed by atoms with Crippen LogP contribution in [-0.4, -0.2) is 16.1 Å². The number of carbonyl (C=O) groups is 1. The zero-order valence-corrected chi connectivity index (χ0v) is 24.1. The Morgan fingerprint density at radius 3 is 2.21 bits per heavy atom. The molecule has 43 heavy (non-hydrogen) atoms. The summed E-state index contributed by atoms with van der Waals surface area (Å²) in [6, 6.07) is 40.6. The third kappa shape index (κ3) is 6.18. The molecule has 0 saturated carbocycles. The van der Waals surface area contributed by atoms with Crippen LogP contribution in [0.1, 0.15) is 47.2 Å². The van der Waals surface area contributed by atoms with Crippen molar-refractivity contribution in [2.75, 3.05) is 4.90 Å². The summed E-state index contributed by atoms with van der Waals surface area (Å²) < 4.78 is 6.50. The molecule has 1 saturated heterocycles. The van der Waals surface area contributed by atoms with Gasteiger partial charge in [0.05, 0.1) is 18.1 Å². The zero-order chi connectivity index (χ0) is 29.8. The minimum atomic E-state index is -0.651. The fourth-order valence-corrected chi connectivity index (χ4v) is 5.86. The van der Waals surface area contributed by atoms with E-state index in [1.165, 1.54) is 0 Å². The molecule has 0 unspecified atom stereocenters. The molecule has 0 radical (unpaired) electrons. The summed E-state index contributed by atoms with van der Waals surface area (Å²) >= 11 is 0. The topological polar surface area (TPSA) is 70.0 Å². The number of aliphatic hydroxyl groups is 1. The molecule has 1 fully saturated rings. The summed E-state index contributed by atoms with van der Waals surface area (Å²) in [6.45, 7) is 2.40. The second-order valence-corrected chi connectivity index (χ2v) is 11.2. The highest BCUT2D eigenvalue weighted by Gasteiger charge is 2.49. The number of hydrogen-bond acceptors (Lipinski definition) is 4. The van der Waals surface area contributed by atoms with Gasteiger partial charge in [0.2, 0.25) is 5.91 Å². The van der Waals surface area contributed by atoms with Crippen LogP contribution < -0.4 is 9.64 Å². The third-order valence-corrected chi connectivity index (χ3v) is 8.21. The van der Waals surface area contributed by atoms with Crippen molar-refractivity contribution in [2.45, 2.75) is 38.5 Å². The van der Waals surface area contributed by atoms with E-state index in [1.54, 1.807) is 12.1 Å². The molecule has 1 heterocycles. The molecule has 0 spiro atoms. The van der Waals surface area contributed by atoms with E-state index < -0.39 is 6.10 Å². The number of phenols is 1. The van der Waals surface area contributed by atoms with E-state index in [4.69, 9.17) is 4.74 Å². The highest BCUT2D eigenvalue weighted by molar-refractivity contribution is 6.03. The van der Waals surface area contributed by atoms with Crippen LogP contribution in [0.25, 0.3) is 11.1 Å². The van der Waals surface area contributed by atoms with Crippen LogP contribution in [0.4, 0.5) is 5.69 Å². The van der Waals surface area contributed by atoms with Crippen molar-refractivity contribution < 1.29 is 19.7 Å². The predicted molar refractivity (Wildman–Crippen MR) is 170 cm³/mol. The van der Waals surface area contributed by atoms with Gasteiger partial charge in [-0.25, -0.2) is 0 Å². The van der Waals surface area contributed by atoms with Gasteiger partial charge in [-0.15, -0.1) is 0 Å². The van der Waals surface area contributed by atoms with Crippen LogP contribution in [0.2, 0.25) is 0 Å². The average Bonchev–Trinajstić information content (AvgIpc) is 3.04. The van der Waals surface area contributed by atoms with Crippen molar-refractivity contribution >= 4 is 11.6 Å². The molecule has 2 N–H and O–H groups in total. The Hall–Kier alpha value is -4.87. The number of nitrogens with zero attached hydrogens (tertiary/aromatic N) is 1. The van der Waals surface area contributed by atoms with Gasteiger partial charge in [-0.3, -0.25) is 4.79 Å². The molecule has 3 atom stereocenters. The first kappa shape index (κ1) is 28.3. The number of para-hydroxylation sites is 1. The van der Waals surface area contributed by atoms with Gasteiger partial charge in [0.1, 0.15) is 18.1 Å². The van der Waals surface area contributed by atoms with E-state index in [9.17, 15) is 15.0 Å². The summed E-state index contributed by atoms with van der Waals surface area (Å²) in [5, 5.41) is 21.1. The van der Waals surface area contributed by atoms with Gasteiger partial charge in [-0.05, 0) is 72.4 Å². The van der Waals surface area contributed by atoms with Gasteiger partial charge in [-0.2, -0.15) is 0 Å². The molecule has 0 bridgehead atoms. The summed E-state index contributed by atoms with van der Waals surface area (Å²) in [7, 11) is 0. The van der Waals surface area contributed by atoms with Crippen molar-refractivity contribution in [3.8, 4) is 22.6 Å². The van der Waals surface area contributed by atoms with Gasteiger partial charge in [-0.1, -0.05) is 103 Å². The largest absolute Gasteiger partial charge is 0.508 e. The smallest absolute Gasteiger partial charge is 0.233 e. The van der Waals surface area contributed by atoms with E-state index in [0.29, 0.717) is 25.2 Å². The lowest BCUT2D eigenvalue weighted by Gasteiger charge is -2.48. The van der Waals surface area contributed by atoms with Gasteiger partial charge in [0.15, 0.2) is 0 Å². The van der Waals surface area contributed by atoms with Crippen molar-refractivity contribution in [3.05, 3.63) is 150 Å². The Labute approximate surface area is 252 Å². The van der Waals surface area contributed by atoms with E-state index in [1.807, 2.05) is 127 Å². The Bertz CT molecular complexity index is 1690. The molecule has 1 amide bonds. The first-order chi connectivity index (χ1) is 21.0. The standard InChI is InChI=1S/C38H35NO4/c1-26-15-17-28(18-16-26)35(41)22-21-34-37(39(38(34)42)31-12-6-3-7-13-31)33-20-19-30(29-11-8-14-32(40)23-29)24-36(33)43-25-27-9-4-2-5-10-27/h2-20,23-24,34-35,37,40-41H,21-22,25H2,1H3/t34-,35+,37-/m1/s1. The third-order valence-electron chi connectivity index (χ3n) is 8.21. The summed E-state index contributed by atoms with van der Waals surface area (Å²) in [5.41, 5.74) is 6.57. The number of β-lactam (4-membered cyclic amide) rings is 1. The number of ether oxygens (including phenoxy) is 1. The lowest BCUT2D eigenvalue weighted by Crippen LogP contribution is -2.55. The van der Waals surface area contributed by atoms with E-state index in [0.717, 1.165) is 39.1 Å². The molecular formula is C38H35NO4. The number of aromatic hydroxyl groups is 1. The fourth-order valence-electron chi connectivity index (χ4n) is 5.86. The maximum atomic E-state index is 13.7. The molecule has 6 rings (SSSR count). The van der Waals surface area contributed by atoms with Crippen molar-refractivity contribution in [1.82, 2.24) is 0 Å². The molecule has 0 aromatic heterocycles. The molecule has 1 aliphatic heterocycles. The highest BCUT2D eigenvalue weighted by atomic mass is 16.5. The predicted octanol–water partition coefficient (Wildman–Crippen LogP) is 8.16. The number of phenolic OH excluding ortho intramolecular Hbond substituents is 1. The second kappa shape index (κ2) is 12.6. The molecular weight excluding hydrogens is 534 g/mol. The Balaban J connectivity index is 1.35. The van der Waals surface area contributed by atoms with Crippen molar-refractivity contribution in [2.24, 2.45) is 5.92 Å². The lowest BCUT2D eigenvalue weighted by molar-refractivity contribution is -0.131. The maximum Gasteiger partial charge on any atom is 0.233 e. The number of anilines is 1. The summed E-state index contributed by atoms with van der Waals surface area (Å²) in [4.78, 5) is 15.6. The first-order valence-corrected chi connectivity index (χ1v) is 14.7. The van der Waals surface area contributed by atoms with Crippen LogP contribution in [0.5, 0.6) is 11.5 Å². The molecule has 0 aliphatic carbocycles. The zero-order valence-electron chi connectivity index (χ0n) is 24.1. The highest BCUT2D eigenvalue weighted by Crippen LogP contribution is 2.49.